The predicted octanol–water partition coefficient (Wildman–Crippen LogP) is -1.46. The van der Waals surface area contributed by atoms with Gasteiger partial charge in [0, 0.05) is 0 Å². The van der Waals surface area contributed by atoms with Gasteiger partial charge in [0.05, 0.1) is 6.42 Å². The summed E-state index contributed by atoms with van der Waals surface area (Å²) in [6, 6.07) is 0. The van der Waals surface area contributed by atoms with E-state index in [2.05, 4.69) is 0 Å². The van der Waals surface area contributed by atoms with Gasteiger partial charge in [-0.05, 0) is 6.92 Å². The Bertz CT molecular complexity index is 334. The molecule has 0 aliphatic carbocycles. The van der Waals surface area contributed by atoms with Gasteiger partial charge in [0.25, 0.3) is 10.1 Å². The second-order valence-electron chi connectivity index (χ2n) is 2.58. The number of carbonyl (C=O) groups is 2. The molecule has 0 aromatic rings. The molecule has 1 atom stereocenters. The Morgan fingerprint density at radius 1 is 1.29 bits per heavy atom. The van der Waals surface area contributed by atoms with Crippen molar-refractivity contribution in [2.24, 2.45) is 0 Å². The van der Waals surface area contributed by atoms with Crippen molar-refractivity contribution < 1.29 is 32.8 Å². The maximum absolute atomic E-state index is 10.5. The molecule has 0 saturated carbocycles. The van der Waals surface area contributed by atoms with Crippen molar-refractivity contribution in [2.45, 2.75) is 18.1 Å². The first-order valence-electron chi connectivity index (χ1n) is 3.03. The monoisotopic (exact) mass is 236 g/mol. The van der Waals surface area contributed by atoms with Crippen molar-refractivity contribution in [2.75, 3.05) is 0 Å². The molecule has 7 nitrogen and oxygen atoms in total. The average Bonchev–Trinajstić information content (AvgIpc) is 1.82. The third-order valence-electron chi connectivity index (χ3n) is 1.51. The van der Waals surface area contributed by atoms with Crippen LogP contribution in [0.4, 0.5) is 0 Å². The van der Waals surface area contributed by atoms with E-state index in [-0.39, 0.29) is 29.6 Å². The van der Waals surface area contributed by atoms with Crippen molar-refractivity contribution in [1.29, 1.82) is 0 Å². The molecule has 14 heavy (non-hydrogen) atoms. The number of aliphatic carboxylic acids is 2. The van der Waals surface area contributed by atoms with Gasteiger partial charge in [-0.15, -0.1) is 0 Å². The fraction of sp³-hybridized carbons (Fsp3) is 0.600. The van der Waals surface area contributed by atoms with Crippen molar-refractivity contribution >= 4 is 51.6 Å². The number of carboxylic acid groups (broad SMARTS) is 2. The Labute approximate surface area is 102 Å². The second-order valence-corrected chi connectivity index (χ2v) is 4.43. The van der Waals surface area contributed by atoms with E-state index in [9.17, 15) is 18.0 Å². The molecule has 0 saturated heterocycles. The summed E-state index contributed by atoms with van der Waals surface area (Å²) >= 11 is 0. The van der Waals surface area contributed by atoms with E-state index in [4.69, 9.17) is 14.8 Å². The van der Waals surface area contributed by atoms with Gasteiger partial charge in [-0.2, -0.15) is 8.42 Å². The van der Waals surface area contributed by atoms with E-state index in [0.717, 1.165) is 0 Å². The summed E-state index contributed by atoms with van der Waals surface area (Å²) in [5.41, 5.74) is 0. The summed E-state index contributed by atoms with van der Waals surface area (Å²) in [4.78, 5) is 20.5. The molecule has 3 N–H and O–H groups in total. The molecule has 0 aliphatic heterocycles. The normalized spacial score (nSPS) is 15.0. The zero-order valence-corrected chi connectivity index (χ0v) is 7.41. The molecule has 0 aromatic carbocycles. The average molecular weight is 236 g/mol. The molecule has 0 bridgehead atoms. The molecule has 0 aliphatic rings. The fourth-order valence-corrected chi connectivity index (χ4v) is 1.09. The number of hydrogen-bond donors (Lipinski definition) is 3. The molecule has 78 valence electrons. The summed E-state index contributed by atoms with van der Waals surface area (Å²) in [6.07, 6.45) is -1.19. The van der Waals surface area contributed by atoms with E-state index in [1.54, 1.807) is 0 Å². The molecule has 0 heterocycles. The van der Waals surface area contributed by atoms with Crippen LogP contribution in [-0.4, -0.2) is 69.4 Å². The van der Waals surface area contributed by atoms with E-state index < -0.39 is 33.2 Å². The first-order valence-corrected chi connectivity index (χ1v) is 4.47. The van der Waals surface area contributed by atoms with Crippen molar-refractivity contribution in [3.63, 3.8) is 0 Å². The first kappa shape index (κ1) is 16.3. The third-order valence-corrected chi connectivity index (χ3v) is 2.97. The van der Waals surface area contributed by atoms with E-state index in [1.165, 1.54) is 0 Å². The number of rotatable bonds is 4. The zero-order chi connectivity index (χ0) is 10.9. The first-order chi connectivity index (χ1) is 5.61. The van der Waals surface area contributed by atoms with Gasteiger partial charge in [-0.3, -0.25) is 14.1 Å². The summed E-state index contributed by atoms with van der Waals surface area (Å²) in [5.74, 6) is -3.53. The van der Waals surface area contributed by atoms with Crippen LogP contribution < -0.4 is 0 Å². The van der Waals surface area contributed by atoms with Crippen molar-refractivity contribution in [1.82, 2.24) is 0 Å². The standard InChI is InChI=1S/C5H8O7S.Na.H/c1-5(4(8)9,2-3(6)7)13(10,11)12;;/h2H2,1H3,(H,6,7)(H,8,9)(H,10,11,12);;. The van der Waals surface area contributed by atoms with Gasteiger partial charge < -0.3 is 10.2 Å². The van der Waals surface area contributed by atoms with Gasteiger partial charge in [0.2, 0.25) is 4.75 Å². The quantitative estimate of drug-likeness (QED) is 0.402. The van der Waals surface area contributed by atoms with Crippen LogP contribution in [0.15, 0.2) is 0 Å². The topological polar surface area (TPSA) is 129 Å². The summed E-state index contributed by atoms with van der Waals surface area (Å²) in [5, 5.41) is 16.6. The predicted molar refractivity (Wildman–Crippen MR) is 47.0 cm³/mol. The van der Waals surface area contributed by atoms with Crippen molar-refractivity contribution in [3.8, 4) is 0 Å². The molecule has 0 aromatic heterocycles. The Hall–Kier alpha value is -0.150. The molecule has 9 heteroatoms. The van der Waals surface area contributed by atoms with Crippen LogP contribution in [0.5, 0.6) is 0 Å². The summed E-state index contributed by atoms with van der Waals surface area (Å²) in [6.45, 7) is 0.624. The van der Waals surface area contributed by atoms with Gasteiger partial charge in [-0.1, -0.05) is 0 Å². The number of hydrogen-bond acceptors (Lipinski definition) is 4. The fourth-order valence-electron chi connectivity index (χ4n) is 0.566. The van der Waals surface area contributed by atoms with Gasteiger partial charge in [0.1, 0.15) is 0 Å². The van der Waals surface area contributed by atoms with E-state index in [1.807, 2.05) is 0 Å². The van der Waals surface area contributed by atoms with Crippen LogP contribution in [0.1, 0.15) is 13.3 Å². The summed E-state index contributed by atoms with van der Waals surface area (Å²) in [7, 11) is -4.94. The van der Waals surface area contributed by atoms with Crippen LogP contribution in [0.2, 0.25) is 0 Å². The van der Waals surface area contributed by atoms with Crippen LogP contribution in [-0.2, 0) is 19.7 Å². The molecule has 0 rings (SSSR count). The SMILES string of the molecule is CC(CC(=O)O)(C(=O)O)S(=O)(=O)O.[NaH]. The van der Waals surface area contributed by atoms with Crippen LogP contribution in [0.3, 0.4) is 0 Å². The van der Waals surface area contributed by atoms with Crippen LogP contribution >= 0.6 is 0 Å². The minimum atomic E-state index is -4.94. The Morgan fingerprint density at radius 2 is 1.64 bits per heavy atom. The molecular formula is C5H9NaO7S. The Morgan fingerprint density at radius 3 is 1.71 bits per heavy atom. The van der Waals surface area contributed by atoms with Crippen LogP contribution in [0.25, 0.3) is 0 Å². The minimum absolute atomic E-state index is 0. The molecule has 0 radical (unpaired) electrons. The molecule has 1 unspecified atom stereocenters. The Balaban J connectivity index is 0. The van der Waals surface area contributed by atoms with E-state index >= 15 is 0 Å². The third kappa shape index (κ3) is 3.54. The second kappa shape index (κ2) is 5.08. The van der Waals surface area contributed by atoms with Gasteiger partial charge >= 0.3 is 41.5 Å². The number of carboxylic acids is 2. The maximum atomic E-state index is 10.5. The van der Waals surface area contributed by atoms with Crippen molar-refractivity contribution in [3.05, 3.63) is 0 Å². The molecular weight excluding hydrogens is 227 g/mol. The summed E-state index contributed by atoms with van der Waals surface area (Å²) < 4.78 is 26.9. The Kier molecular flexibility index (Phi) is 5.91. The van der Waals surface area contributed by atoms with Gasteiger partial charge in [0.15, 0.2) is 0 Å². The zero-order valence-electron chi connectivity index (χ0n) is 6.59. The van der Waals surface area contributed by atoms with E-state index in [0.29, 0.717) is 6.92 Å². The molecule has 0 amide bonds. The van der Waals surface area contributed by atoms with Crippen LogP contribution in [0, 0.1) is 0 Å². The molecule has 0 spiro atoms. The molecule has 0 fully saturated rings. The van der Waals surface area contributed by atoms with Gasteiger partial charge in [-0.25, -0.2) is 0 Å².